The maximum atomic E-state index is 10.5. The number of carbonyl (C=O) groups is 1. The van der Waals surface area contributed by atoms with Crippen LogP contribution in [0.15, 0.2) is 18.2 Å². The Bertz CT molecular complexity index is 347. The van der Waals surface area contributed by atoms with Gasteiger partial charge in [-0.1, -0.05) is 6.07 Å². The summed E-state index contributed by atoms with van der Waals surface area (Å²) in [5.41, 5.74) is 5.39. The minimum Gasteiger partial charge on any atom is -0.504 e. The van der Waals surface area contributed by atoms with Gasteiger partial charge in [-0.15, -0.1) is 0 Å². The van der Waals surface area contributed by atoms with E-state index in [4.69, 9.17) is 10.8 Å². The van der Waals surface area contributed by atoms with E-state index in [1.54, 1.807) is 13.0 Å². The van der Waals surface area contributed by atoms with Crippen molar-refractivity contribution in [2.24, 2.45) is 5.73 Å². The predicted octanol–water partition coefficient (Wildman–Crippen LogP) is 0.557. The number of aromatic hydroxyl groups is 2. The van der Waals surface area contributed by atoms with E-state index in [0.717, 1.165) is 0 Å². The minimum atomic E-state index is -0.941. The van der Waals surface area contributed by atoms with E-state index in [-0.39, 0.29) is 11.5 Å². The lowest BCUT2D eigenvalue weighted by atomic mass is 9.95. The summed E-state index contributed by atoms with van der Waals surface area (Å²) in [6.07, 6.45) is 0.987. The summed E-state index contributed by atoms with van der Waals surface area (Å²) >= 11 is 0. The molecular weight excluding hydrogens is 182 g/mol. The van der Waals surface area contributed by atoms with E-state index in [1.165, 1.54) is 12.1 Å². The van der Waals surface area contributed by atoms with Gasteiger partial charge in [0.25, 0.3) is 0 Å². The summed E-state index contributed by atoms with van der Waals surface area (Å²) < 4.78 is 0. The largest absolute Gasteiger partial charge is 0.504 e. The molecule has 0 amide bonds. The summed E-state index contributed by atoms with van der Waals surface area (Å²) in [7, 11) is 0. The number of phenols is 2. The maximum Gasteiger partial charge on any atom is 0.157 e. The number of rotatable bonds is 3. The summed E-state index contributed by atoms with van der Waals surface area (Å²) in [6.45, 7) is 1.60. The Kier molecular flexibility index (Phi) is 2.76. The van der Waals surface area contributed by atoms with Crippen LogP contribution >= 0.6 is 0 Å². The Morgan fingerprint density at radius 3 is 2.57 bits per heavy atom. The lowest BCUT2D eigenvalue weighted by Crippen LogP contribution is -2.40. The number of benzene rings is 1. The Morgan fingerprint density at radius 1 is 1.43 bits per heavy atom. The van der Waals surface area contributed by atoms with Crippen molar-refractivity contribution >= 4 is 6.29 Å². The van der Waals surface area contributed by atoms with Crippen molar-refractivity contribution in [3.63, 3.8) is 0 Å². The number of aldehydes is 1. The van der Waals surface area contributed by atoms with Gasteiger partial charge in [0.15, 0.2) is 11.5 Å². The number of nitrogens with two attached hydrogens (primary N) is 1. The zero-order valence-electron chi connectivity index (χ0n) is 7.90. The van der Waals surface area contributed by atoms with Crippen LogP contribution in [0.1, 0.15) is 12.5 Å². The van der Waals surface area contributed by atoms with E-state index < -0.39 is 5.54 Å². The minimum absolute atomic E-state index is 0.182. The molecule has 14 heavy (non-hydrogen) atoms. The first-order valence-corrected chi connectivity index (χ1v) is 4.21. The number of carbonyl (C=O) groups excluding carboxylic acids is 1. The summed E-state index contributed by atoms with van der Waals surface area (Å²) in [5, 5.41) is 18.2. The van der Waals surface area contributed by atoms with Crippen LogP contribution in [-0.2, 0) is 11.2 Å². The summed E-state index contributed by atoms with van der Waals surface area (Å²) in [5.74, 6) is -0.386. The van der Waals surface area contributed by atoms with Gasteiger partial charge in [0.05, 0.1) is 5.54 Å². The van der Waals surface area contributed by atoms with E-state index in [2.05, 4.69) is 0 Å². The number of phenolic OH excluding ortho intramolecular Hbond substituents is 2. The van der Waals surface area contributed by atoms with Crippen molar-refractivity contribution in [3.8, 4) is 11.5 Å². The molecule has 0 saturated heterocycles. The van der Waals surface area contributed by atoms with Gasteiger partial charge in [0.1, 0.15) is 6.29 Å². The van der Waals surface area contributed by atoms with E-state index >= 15 is 0 Å². The third-order valence-electron chi connectivity index (χ3n) is 1.89. The molecule has 1 aromatic rings. The molecule has 0 aliphatic rings. The van der Waals surface area contributed by atoms with Crippen LogP contribution in [0, 0.1) is 0 Å². The highest BCUT2D eigenvalue weighted by molar-refractivity contribution is 5.64. The topological polar surface area (TPSA) is 83.6 Å². The zero-order valence-corrected chi connectivity index (χ0v) is 7.90. The average Bonchev–Trinajstić information content (AvgIpc) is 2.11. The second kappa shape index (κ2) is 3.67. The average molecular weight is 195 g/mol. The molecule has 76 valence electrons. The second-order valence-electron chi connectivity index (χ2n) is 3.62. The molecule has 0 heterocycles. The van der Waals surface area contributed by atoms with Gasteiger partial charge in [0, 0.05) is 0 Å². The van der Waals surface area contributed by atoms with Gasteiger partial charge >= 0.3 is 0 Å². The first-order chi connectivity index (χ1) is 6.44. The molecule has 0 spiro atoms. The van der Waals surface area contributed by atoms with Crippen molar-refractivity contribution in [1.29, 1.82) is 0 Å². The van der Waals surface area contributed by atoms with Crippen LogP contribution < -0.4 is 5.73 Å². The highest BCUT2D eigenvalue weighted by Crippen LogP contribution is 2.25. The lowest BCUT2D eigenvalue weighted by molar-refractivity contribution is -0.111. The monoisotopic (exact) mass is 195 g/mol. The Hall–Kier alpha value is -1.55. The molecule has 0 saturated carbocycles. The van der Waals surface area contributed by atoms with Crippen LogP contribution in [0.2, 0.25) is 0 Å². The van der Waals surface area contributed by atoms with Gasteiger partial charge in [-0.2, -0.15) is 0 Å². The first-order valence-electron chi connectivity index (χ1n) is 4.21. The van der Waals surface area contributed by atoms with Crippen molar-refractivity contribution in [1.82, 2.24) is 0 Å². The smallest absolute Gasteiger partial charge is 0.157 e. The van der Waals surface area contributed by atoms with Crippen LogP contribution in [0.3, 0.4) is 0 Å². The molecule has 1 aromatic carbocycles. The molecule has 0 radical (unpaired) electrons. The van der Waals surface area contributed by atoms with Crippen molar-refractivity contribution < 1.29 is 15.0 Å². The van der Waals surface area contributed by atoms with Crippen LogP contribution in [-0.4, -0.2) is 22.0 Å². The second-order valence-corrected chi connectivity index (χ2v) is 3.62. The van der Waals surface area contributed by atoms with E-state index in [9.17, 15) is 9.90 Å². The normalized spacial score (nSPS) is 14.7. The van der Waals surface area contributed by atoms with Crippen molar-refractivity contribution in [2.45, 2.75) is 18.9 Å². The fourth-order valence-electron chi connectivity index (χ4n) is 1.16. The Labute approximate surface area is 82.0 Å². The molecule has 1 atom stereocenters. The van der Waals surface area contributed by atoms with Crippen LogP contribution in [0.4, 0.5) is 0 Å². The molecule has 1 rings (SSSR count). The number of hydrogen-bond donors (Lipinski definition) is 3. The molecular formula is C10H13NO3. The number of hydrogen-bond acceptors (Lipinski definition) is 4. The highest BCUT2D eigenvalue weighted by Gasteiger charge is 2.18. The van der Waals surface area contributed by atoms with E-state index in [1.807, 2.05) is 0 Å². The maximum absolute atomic E-state index is 10.5. The molecule has 4 heteroatoms. The van der Waals surface area contributed by atoms with Gasteiger partial charge in [-0.05, 0) is 31.0 Å². The lowest BCUT2D eigenvalue weighted by Gasteiger charge is -2.16. The predicted molar refractivity (Wildman–Crippen MR) is 52.1 cm³/mol. The Morgan fingerprint density at radius 2 is 2.07 bits per heavy atom. The fraction of sp³-hybridized carbons (Fsp3) is 0.300. The Balaban J connectivity index is 2.88. The van der Waals surface area contributed by atoms with Crippen LogP contribution in [0.5, 0.6) is 11.5 Å². The third-order valence-corrected chi connectivity index (χ3v) is 1.89. The zero-order chi connectivity index (χ0) is 10.8. The van der Waals surface area contributed by atoms with Gasteiger partial charge in [-0.3, -0.25) is 0 Å². The van der Waals surface area contributed by atoms with Gasteiger partial charge < -0.3 is 20.7 Å². The molecule has 0 fully saturated rings. The van der Waals surface area contributed by atoms with E-state index in [0.29, 0.717) is 18.3 Å². The molecule has 0 aromatic heterocycles. The summed E-state index contributed by atoms with van der Waals surface area (Å²) in [4.78, 5) is 10.5. The molecule has 0 aliphatic heterocycles. The van der Waals surface area contributed by atoms with Gasteiger partial charge in [-0.25, -0.2) is 0 Å². The van der Waals surface area contributed by atoms with Gasteiger partial charge in [0.2, 0.25) is 0 Å². The first kappa shape index (κ1) is 10.5. The molecule has 4 nitrogen and oxygen atoms in total. The molecule has 0 aliphatic carbocycles. The van der Waals surface area contributed by atoms with Crippen molar-refractivity contribution in [2.75, 3.05) is 0 Å². The van der Waals surface area contributed by atoms with Crippen molar-refractivity contribution in [3.05, 3.63) is 23.8 Å². The molecule has 0 unspecified atom stereocenters. The summed E-state index contributed by atoms with van der Waals surface area (Å²) in [6, 6.07) is 4.37. The molecule has 0 bridgehead atoms. The highest BCUT2D eigenvalue weighted by atomic mass is 16.3. The van der Waals surface area contributed by atoms with Crippen LogP contribution in [0.25, 0.3) is 0 Å². The standard InChI is InChI=1S/C10H13NO3/c1-10(11,6-12)5-7-2-3-8(13)9(14)4-7/h2-4,6,13-14H,5,11H2,1H3/t10-/m0/s1. The molecule has 4 N–H and O–H groups in total. The third kappa shape index (κ3) is 2.47. The quantitative estimate of drug-likeness (QED) is 0.486. The SMILES string of the molecule is C[C@@](N)(C=O)Cc1ccc(O)c(O)c1. The fourth-order valence-corrected chi connectivity index (χ4v) is 1.16.